The first-order valence-corrected chi connectivity index (χ1v) is 7.75. The van der Waals surface area contributed by atoms with E-state index in [1.807, 2.05) is 32.0 Å². The van der Waals surface area contributed by atoms with Crippen LogP contribution in [0.15, 0.2) is 18.2 Å². The molecule has 5 nitrogen and oxygen atoms in total. The number of hydrogen-bond donors (Lipinski definition) is 3. The van der Waals surface area contributed by atoms with E-state index in [0.29, 0.717) is 18.7 Å². The lowest BCUT2D eigenvalue weighted by atomic mass is 10.0. The minimum absolute atomic E-state index is 0.0925. The topological polar surface area (TPSA) is 78.4 Å². The quantitative estimate of drug-likeness (QED) is 0.675. The van der Waals surface area contributed by atoms with Crippen molar-refractivity contribution in [3.8, 4) is 0 Å². The summed E-state index contributed by atoms with van der Waals surface area (Å²) >= 11 is 0. The third-order valence-corrected chi connectivity index (χ3v) is 3.63. The smallest absolute Gasteiger partial charge is 0.313 e. The summed E-state index contributed by atoms with van der Waals surface area (Å²) in [5.74, 6) is -1.10. The van der Waals surface area contributed by atoms with E-state index in [4.69, 9.17) is 5.11 Å². The summed E-state index contributed by atoms with van der Waals surface area (Å²) in [5.41, 5.74) is 2.59. The Hall–Kier alpha value is -1.88. The molecule has 0 radical (unpaired) electrons. The Balaban J connectivity index is 2.54. The Morgan fingerprint density at radius 3 is 2.55 bits per heavy atom. The van der Waals surface area contributed by atoms with Crippen LogP contribution in [0.5, 0.6) is 0 Å². The van der Waals surface area contributed by atoms with E-state index in [0.717, 1.165) is 24.0 Å². The van der Waals surface area contributed by atoms with Gasteiger partial charge in [-0.05, 0) is 49.8 Å². The Morgan fingerprint density at radius 2 is 1.91 bits per heavy atom. The predicted octanol–water partition coefficient (Wildman–Crippen LogP) is 2.16. The molecular weight excluding hydrogens is 280 g/mol. The average molecular weight is 306 g/mol. The van der Waals surface area contributed by atoms with Crippen LogP contribution in [0.3, 0.4) is 0 Å². The number of nitrogens with one attached hydrogen (secondary N) is 2. The maximum atomic E-state index is 11.9. The molecule has 1 unspecified atom stereocenters. The molecular formula is C17H26N2O3. The Bertz CT molecular complexity index is 509. The molecule has 3 N–H and O–H groups in total. The molecule has 22 heavy (non-hydrogen) atoms. The molecule has 0 aliphatic heterocycles. The van der Waals surface area contributed by atoms with Gasteiger partial charge in [-0.2, -0.15) is 0 Å². The number of anilines is 1. The number of amides is 2. The number of carbonyl (C=O) groups excluding carboxylic acids is 2. The summed E-state index contributed by atoms with van der Waals surface area (Å²) in [4.78, 5) is 23.8. The van der Waals surface area contributed by atoms with Crippen molar-refractivity contribution in [2.75, 3.05) is 18.5 Å². The number of benzene rings is 1. The summed E-state index contributed by atoms with van der Waals surface area (Å²) in [6, 6.07) is 5.70. The van der Waals surface area contributed by atoms with Crippen molar-refractivity contribution in [2.24, 2.45) is 5.92 Å². The molecule has 0 aliphatic rings. The Morgan fingerprint density at radius 1 is 1.18 bits per heavy atom. The van der Waals surface area contributed by atoms with E-state index in [-0.39, 0.29) is 12.5 Å². The lowest BCUT2D eigenvalue weighted by Crippen LogP contribution is -2.38. The first-order valence-electron chi connectivity index (χ1n) is 7.75. The zero-order chi connectivity index (χ0) is 16.5. The van der Waals surface area contributed by atoms with Crippen LogP contribution in [0, 0.1) is 19.8 Å². The monoisotopic (exact) mass is 306 g/mol. The molecule has 122 valence electrons. The lowest BCUT2D eigenvalue weighted by Gasteiger charge is -2.15. The minimum Gasteiger partial charge on any atom is -0.396 e. The molecule has 1 rings (SSSR count). The number of rotatable bonds is 7. The van der Waals surface area contributed by atoms with Gasteiger partial charge in [0, 0.05) is 18.8 Å². The van der Waals surface area contributed by atoms with Crippen molar-refractivity contribution < 1.29 is 14.7 Å². The highest BCUT2D eigenvalue weighted by molar-refractivity contribution is 6.39. The summed E-state index contributed by atoms with van der Waals surface area (Å²) in [5, 5.41) is 14.3. The van der Waals surface area contributed by atoms with Gasteiger partial charge in [-0.3, -0.25) is 9.59 Å². The summed E-state index contributed by atoms with van der Waals surface area (Å²) in [6.45, 7) is 6.37. The first kappa shape index (κ1) is 18.2. The number of hydrogen-bond acceptors (Lipinski definition) is 3. The van der Waals surface area contributed by atoms with Gasteiger partial charge in [-0.1, -0.05) is 25.5 Å². The maximum absolute atomic E-state index is 11.9. The van der Waals surface area contributed by atoms with Crippen LogP contribution in [0.25, 0.3) is 0 Å². The largest absolute Gasteiger partial charge is 0.396 e. The number of aliphatic hydroxyl groups is 1. The van der Waals surface area contributed by atoms with Crippen LogP contribution in [-0.2, 0) is 9.59 Å². The van der Waals surface area contributed by atoms with Gasteiger partial charge in [0.15, 0.2) is 0 Å². The van der Waals surface area contributed by atoms with E-state index >= 15 is 0 Å². The summed E-state index contributed by atoms with van der Waals surface area (Å²) < 4.78 is 0. The van der Waals surface area contributed by atoms with Gasteiger partial charge in [0.25, 0.3) is 0 Å². The molecule has 0 saturated carbocycles. The zero-order valence-corrected chi connectivity index (χ0v) is 13.6. The Labute approximate surface area is 132 Å². The van der Waals surface area contributed by atoms with E-state index < -0.39 is 11.8 Å². The van der Waals surface area contributed by atoms with Gasteiger partial charge in [-0.25, -0.2) is 0 Å². The van der Waals surface area contributed by atoms with Gasteiger partial charge in [-0.15, -0.1) is 0 Å². The molecule has 1 aromatic carbocycles. The molecule has 0 fully saturated rings. The van der Waals surface area contributed by atoms with Crippen molar-refractivity contribution in [3.05, 3.63) is 29.3 Å². The third-order valence-electron chi connectivity index (χ3n) is 3.63. The van der Waals surface area contributed by atoms with Crippen LogP contribution in [-0.4, -0.2) is 30.1 Å². The lowest BCUT2D eigenvalue weighted by molar-refractivity contribution is -0.136. The van der Waals surface area contributed by atoms with E-state index in [1.54, 1.807) is 0 Å². The fraction of sp³-hybridized carbons (Fsp3) is 0.529. The normalized spacial score (nSPS) is 11.8. The van der Waals surface area contributed by atoms with Crippen LogP contribution in [0.2, 0.25) is 0 Å². The molecule has 0 bridgehead atoms. The standard InChI is InChI=1S/C17H26N2O3/c1-4-5-14(8-9-20)11-18-16(21)17(22)19-15-10-12(2)6-7-13(15)3/h6-7,10,14,20H,4-5,8-9,11H2,1-3H3,(H,18,21)(H,19,22). The molecule has 0 heterocycles. The van der Waals surface area contributed by atoms with E-state index in [2.05, 4.69) is 17.6 Å². The molecule has 1 aromatic rings. The first-order chi connectivity index (χ1) is 10.5. The molecule has 2 amide bonds. The SMILES string of the molecule is CCCC(CCO)CNC(=O)C(=O)Nc1cc(C)ccc1C. The number of aryl methyl sites for hydroxylation is 2. The van der Waals surface area contributed by atoms with E-state index in [9.17, 15) is 9.59 Å². The van der Waals surface area contributed by atoms with Crippen molar-refractivity contribution in [1.82, 2.24) is 5.32 Å². The predicted molar refractivity (Wildman–Crippen MR) is 87.7 cm³/mol. The highest BCUT2D eigenvalue weighted by Crippen LogP contribution is 2.16. The number of carbonyl (C=O) groups is 2. The third kappa shape index (κ3) is 5.85. The van der Waals surface area contributed by atoms with Gasteiger partial charge in [0.05, 0.1) is 0 Å². The molecule has 0 aromatic heterocycles. The second-order valence-electron chi connectivity index (χ2n) is 5.65. The van der Waals surface area contributed by atoms with Crippen molar-refractivity contribution >= 4 is 17.5 Å². The highest BCUT2D eigenvalue weighted by atomic mass is 16.3. The van der Waals surface area contributed by atoms with Gasteiger partial charge in [0.1, 0.15) is 0 Å². The zero-order valence-electron chi connectivity index (χ0n) is 13.6. The average Bonchev–Trinajstić information content (AvgIpc) is 2.48. The van der Waals surface area contributed by atoms with Crippen LogP contribution >= 0.6 is 0 Å². The van der Waals surface area contributed by atoms with Crippen molar-refractivity contribution in [2.45, 2.75) is 40.0 Å². The summed E-state index contributed by atoms with van der Waals surface area (Å²) in [6.07, 6.45) is 2.53. The van der Waals surface area contributed by atoms with E-state index in [1.165, 1.54) is 0 Å². The molecule has 0 saturated heterocycles. The summed E-state index contributed by atoms with van der Waals surface area (Å²) in [7, 11) is 0. The second kappa shape index (κ2) is 9.20. The van der Waals surface area contributed by atoms with Crippen LogP contribution in [0.1, 0.15) is 37.3 Å². The van der Waals surface area contributed by atoms with Gasteiger partial charge in [0.2, 0.25) is 0 Å². The Kier molecular flexibility index (Phi) is 7.60. The fourth-order valence-corrected chi connectivity index (χ4v) is 2.31. The van der Waals surface area contributed by atoms with Gasteiger partial charge >= 0.3 is 11.8 Å². The number of aliphatic hydroxyl groups excluding tert-OH is 1. The second-order valence-corrected chi connectivity index (χ2v) is 5.65. The molecule has 0 aliphatic carbocycles. The highest BCUT2D eigenvalue weighted by Gasteiger charge is 2.16. The fourth-order valence-electron chi connectivity index (χ4n) is 2.31. The van der Waals surface area contributed by atoms with Gasteiger partial charge < -0.3 is 15.7 Å². The molecule has 1 atom stereocenters. The van der Waals surface area contributed by atoms with Crippen LogP contribution in [0.4, 0.5) is 5.69 Å². The van der Waals surface area contributed by atoms with Crippen molar-refractivity contribution in [3.63, 3.8) is 0 Å². The molecule has 5 heteroatoms. The maximum Gasteiger partial charge on any atom is 0.313 e. The van der Waals surface area contributed by atoms with Crippen molar-refractivity contribution in [1.29, 1.82) is 0 Å². The minimum atomic E-state index is -0.659. The molecule has 0 spiro atoms. The van der Waals surface area contributed by atoms with Crippen LogP contribution < -0.4 is 10.6 Å².